The fourth-order valence-corrected chi connectivity index (χ4v) is 4.73. The molecule has 2 unspecified atom stereocenters. The number of nitrogens with zero attached hydrogens (tertiary/aromatic N) is 2. The average Bonchev–Trinajstić information content (AvgIpc) is 3.19. The molecule has 172 valence electrons. The number of hydrogen-bond acceptors (Lipinski definition) is 6. The minimum atomic E-state index is -4.59. The topological polar surface area (TPSA) is 146 Å². The van der Waals surface area contributed by atoms with Gasteiger partial charge in [-0.3, -0.25) is 14.7 Å². The van der Waals surface area contributed by atoms with E-state index in [4.69, 9.17) is 15.6 Å². The van der Waals surface area contributed by atoms with Gasteiger partial charge in [0.05, 0.1) is 12.1 Å². The molecule has 3 aromatic rings. The van der Waals surface area contributed by atoms with Gasteiger partial charge in [-0.15, -0.1) is 0 Å². The van der Waals surface area contributed by atoms with Crippen LogP contribution in [0.2, 0.25) is 0 Å². The quantitative estimate of drug-likeness (QED) is 0.377. The number of H-pyrrole nitrogens is 1. The van der Waals surface area contributed by atoms with Gasteiger partial charge in [-0.25, -0.2) is 9.19 Å². The predicted molar refractivity (Wildman–Crippen MR) is 114 cm³/mol. The average molecular weight is 469 g/mol. The van der Waals surface area contributed by atoms with Crippen LogP contribution < -0.4 is 5.73 Å². The number of nitrogens with one attached hydrogen (secondary N) is 2. The van der Waals surface area contributed by atoms with Crippen LogP contribution in [0.5, 0.6) is 0 Å². The van der Waals surface area contributed by atoms with Crippen molar-refractivity contribution in [3.05, 3.63) is 48.3 Å². The number of aliphatic carboxylic acids is 1. The Balaban J connectivity index is 1.74. The van der Waals surface area contributed by atoms with Crippen molar-refractivity contribution >= 4 is 26.7 Å². The third kappa shape index (κ3) is 5.82. The van der Waals surface area contributed by atoms with Crippen LogP contribution in [0.3, 0.4) is 0 Å². The van der Waals surface area contributed by atoms with Gasteiger partial charge in [0, 0.05) is 38.4 Å². The molecule has 0 aliphatic carbocycles. The number of fused-ring (bicyclic) bond motifs is 1. The molecule has 3 atom stereocenters. The number of carboxylic acid groups (broad SMARTS) is 1. The molecule has 1 aromatic carbocycles. The summed E-state index contributed by atoms with van der Waals surface area (Å²) in [7, 11) is -3.40. The van der Waals surface area contributed by atoms with Crippen molar-refractivity contribution in [1.82, 2.24) is 15.2 Å². The number of alkyl halides is 3. The number of rotatable bonds is 9. The fraction of sp³-hybridized carbons (Fsp3) is 0.350. The molecule has 0 aliphatic heterocycles. The number of aromatic nitrogens is 3. The third-order valence-corrected chi connectivity index (χ3v) is 6.94. The molecule has 12 heteroatoms. The fourth-order valence-electron chi connectivity index (χ4n) is 3.27. The second-order valence-corrected chi connectivity index (χ2v) is 9.93. The molecular weight excluding hydrogens is 447 g/mol. The zero-order valence-corrected chi connectivity index (χ0v) is 17.6. The van der Waals surface area contributed by atoms with Gasteiger partial charge in [-0.2, -0.15) is 18.3 Å². The van der Waals surface area contributed by atoms with Crippen LogP contribution in [0.1, 0.15) is 24.3 Å². The van der Waals surface area contributed by atoms with E-state index in [9.17, 15) is 22.2 Å². The van der Waals surface area contributed by atoms with Crippen LogP contribution >= 0.6 is 0 Å². The summed E-state index contributed by atoms with van der Waals surface area (Å²) in [4.78, 5) is 15.0. The summed E-state index contributed by atoms with van der Waals surface area (Å²) in [6.45, 7) is 0. The van der Waals surface area contributed by atoms with Gasteiger partial charge in [-0.1, -0.05) is 24.3 Å². The highest BCUT2D eigenvalue weighted by Gasteiger charge is 2.40. The minimum Gasteiger partial charge on any atom is -0.480 e. The summed E-state index contributed by atoms with van der Waals surface area (Å²) >= 11 is 0. The molecule has 0 bridgehead atoms. The second-order valence-electron chi connectivity index (χ2n) is 7.49. The summed E-state index contributed by atoms with van der Waals surface area (Å²) in [5.74, 6) is -4.08. The van der Waals surface area contributed by atoms with E-state index >= 15 is 0 Å². The van der Waals surface area contributed by atoms with Gasteiger partial charge in [0.15, 0.2) is 5.65 Å². The van der Waals surface area contributed by atoms with Crippen molar-refractivity contribution in [3.8, 4) is 11.1 Å². The third-order valence-electron chi connectivity index (χ3n) is 5.14. The number of hydrogen-bond donors (Lipinski definition) is 4. The van der Waals surface area contributed by atoms with Gasteiger partial charge in [0.2, 0.25) is 0 Å². The lowest BCUT2D eigenvalue weighted by Crippen LogP contribution is -2.32. The zero-order chi connectivity index (χ0) is 23.5. The molecule has 3 rings (SSSR count). The van der Waals surface area contributed by atoms with Gasteiger partial charge in [-0.05, 0) is 30.0 Å². The second kappa shape index (κ2) is 9.25. The Morgan fingerprint density at radius 2 is 1.81 bits per heavy atom. The first-order chi connectivity index (χ1) is 15.0. The summed E-state index contributed by atoms with van der Waals surface area (Å²) in [6.07, 6.45) is -2.19. The maximum absolute atomic E-state index is 13.7. The predicted octanol–water partition coefficient (Wildman–Crippen LogP) is 3.51. The Bertz CT molecular complexity index is 1190. The SMILES string of the molecule is N=S(=O)(CCC(c1ccc(-c2cnc3[nH]ncc3c2)cc1)C(F)(F)F)CC[C@H](N)C(=O)O. The number of pyridine rings is 1. The highest BCUT2D eigenvalue weighted by molar-refractivity contribution is 7.92. The van der Waals surface area contributed by atoms with Crippen LogP contribution in [0.25, 0.3) is 22.2 Å². The molecule has 0 spiro atoms. The van der Waals surface area contributed by atoms with Crippen LogP contribution in [0.15, 0.2) is 42.7 Å². The highest BCUT2D eigenvalue weighted by Crippen LogP contribution is 2.38. The molecular formula is C20H22F3N5O3S. The maximum atomic E-state index is 13.7. The van der Waals surface area contributed by atoms with E-state index in [1.807, 2.05) is 6.07 Å². The van der Waals surface area contributed by atoms with Crippen LogP contribution in [-0.4, -0.2) is 54.2 Å². The van der Waals surface area contributed by atoms with Crippen LogP contribution in [-0.2, 0) is 14.5 Å². The Labute approximate surface area is 182 Å². The smallest absolute Gasteiger partial charge is 0.395 e. The van der Waals surface area contributed by atoms with E-state index in [1.54, 1.807) is 24.5 Å². The minimum absolute atomic E-state index is 0.00367. The Morgan fingerprint density at radius 1 is 1.16 bits per heavy atom. The Hall–Kier alpha value is -2.99. The van der Waals surface area contributed by atoms with Crippen molar-refractivity contribution in [2.75, 3.05) is 11.5 Å². The van der Waals surface area contributed by atoms with Gasteiger partial charge in [0.1, 0.15) is 6.04 Å². The van der Waals surface area contributed by atoms with Crippen LogP contribution in [0, 0.1) is 4.78 Å². The lowest BCUT2D eigenvalue weighted by Gasteiger charge is -2.22. The molecule has 2 aromatic heterocycles. The summed E-state index contributed by atoms with van der Waals surface area (Å²) < 4.78 is 61.2. The monoisotopic (exact) mass is 469 g/mol. The van der Waals surface area contributed by atoms with Gasteiger partial charge >= 0.3 is 12.1 Å². The zero-order valence-electron chi connectivity index (χ0n) is 16.8. The number of carboxylic acids is 1. The molecule has 5 N–H and O–H groups in total. The molecule has 2 heterocycles. The normalized spacial score (nSPS) is 15.9. The van der Waals surface area contributed by atoms with Crippen molar-refractivity contribution in [3.63, 3.8) is 0 Å². The van der Waals surface area contributed by atoms with Gasteiger partial charge < -0.3 is 10.8 Å². The maximum Gasteiger partial charge on any atom is 0.395 e. The van der Waals surface area contributed by atoms with E-state index in [0.29, 0.717) is 11.2 Å². The summed E-state index contributed by atoms with van der Waals surface area (Å²) in [5.41, 5.74) is 7.33. The molecule has 8 nitrogen and oxygen atoms in total. The first kappa shape index (κ1) is 23.7. The number of benzene rings is 1. The number of carbonyl (C=O) groups is 1. The molecule has 0 saturated heterocycles. The van der Waals surface area contributed by atoms with Gasteiger partial charge in [0.25, 0.3) is 0 Å². The number of halogens is 3. The molecule has 0 amide bonds. The first-order valence-corrected chi connectivity index (χ1v) is 11.5. The summed E-state index contributed by atoms with van der Waals surface area (Å²) in [6, 6.07) is 6.35. The van der Waals surface area contributed by atoms with Crippen molar-refractivity contribution in [1.29, 1.82) is 4.78 Å². The highest BCUT2D eigenvalue weighted by atomic mass is 32.2. The molecule has 0 aliphatic rings. The first-order valence-electron chi connectivity index (χ1n) is 9.65. The van der Waals surface area contributed by atoms with Crippen molar-refractivity contribution in [2.45, 2.75) is 31.0 Å². The lowest BCUT2D eigenvalue weighted by atomic mass is 9.94. The lowest BCUT2D eigenvalue weighted by molar-refractivity contribution is -0.150. The van der Waals surface area contributed by atoms with E-state index in [-0.39, 0.29) is 17.7 Å². The number of nitrogens with two attached hydrogens (primary N) is 1. The molecule has 32 heavy (non-hydrogen) atoms. The molecule has 0 radical (unpaired) electrons. The van der Waals surface area contributed by atoms with Crippen molar-refractivity contribution in [2.24, 2.45) is 5.73 Å². The molecule has 0 saturated carbocycles. The van der Waals surface area contributed by atoms with E-state index in [2.05, 4.69) is 15.2 Å². The largest absolute Gasteiger partial charge is 0.480 e. The Kier molecular flexibility index (Phi) is 6.84. The number of aromatic amines is 1. The van der Waals surface area contributed by atoms with Crippen LogP contribution in [0.4, 0.5) is 13.2 Å². The summed E-state index contributed by atoms with van der Waals surface area (Å²) in [5, 5.41) is 16.1. The van der Waals surface area contributed by atoms with E-state index in [0.717, 1.165) is 10.9 Å². The van der Waals surface area contributed by atoms with E-state index < -0.39 is 46.0 Å². The molecule has 0 fully saturated rings. The van der Waals surface area contributed by atoms with Crippen molar-refractivity contribution < 1.29 is 27.3 Å². The Morgan fingerprint density at radius 3 is 2.44 bits per heavy atom. The standard InChI is InChI=1S/C20H22F3N5O3S/c21-20(22,23)16(5-7-32(25,31)8-6-17(24)19(29)30)13-3-1-12(2-4-13)14-9-15-11-27-28-18(15)26-10-14/h1-4,9-11,16-17,25H,5-8,24H2,(H,29,30)(H,26,27,28)/t16?,17-,32?/m0/s1. The van der Waals surface area contributed by atoms with E-state index in [1.165, 1.54) is 12.1 Å².